The van der Waals surface area contributed by atoms with Gasteiger partial charge in [0.1, 0.15) is 17.5 Å². The third kappa shape index (κ3) is 4.86. The van der Waals surface area contributed by atoms with Gasteiger partial charge in [-0.25, -0.2) is 9.97 Å². The minimum absolute atomic E-state index is 0.0414. The van der Waals surface area contributed by atoms with E-state index >= 15 is 0 Å². The van der Waals surface area contributed by atoms with Crippen LogP contribution in [0.25, 0.3) is 0 Å². The highest BCUT2D eigenvalue weighted by Crippen LogP contribution is 2.42. The van der Waals surface area contributed by atoms with E-state index in [0.29, 0.717) is 10.8 Å². The van der Waals surface area contributed by atoms with Gasteiger partial charge in [0.05, 0.1) is 5.41 Å². The van der Waals surface area contributed by atoms with Gasteiger partial charge in [-0.05, 0) is 68.7 Å². The summed E-state index contributed by atoms with van der Waals surface area (Å²) in [6.07, 6.45) is 3.79. The SMILES string of the molecule is CCNc1cc(Nc2ccc(NC(=O)C3(c4ccc(Cl)cc4)CCCC3)cc2)nc(C)n1. The van der Waals surface area contributed by atoms with E-state index in [1.54, 1.807) is 0 Å². The highest BCUT2D eigenvalue weighted by Gasteiger charge is 2.42. The fourth-order valence-electron chi connectivity index (χ4n) is 4.33. The average molecular weight is 450 g/mol. The molecule has 0 saturated heterocycles. The number of hydrogen-bond donors (Lipinski definition) is 3. The Kier molecular flexibility index (Phi) is 6.61. The molecule has 32 heavy (non-hydrogen) atoms. The molecule has 0 atom stereocenters. The van der Waals surface area contributed by atoms with Crippen LogP contribution in [0.4, 0.5) is 23.0 Å². The third-order valence-electron chi connectivity index (χ3n) is 5.90. The van der Waals surface area contributed by atoms with Crippen molar-refractivity contribution in [3.05, 3.63) is 71.0 Å². The van der Waals surface area contributed by atoms with Crippen molar-refractivity contribution in [3.8, 4) is 0 Å². The molecule has 1 aliphatic rings. The first-order valence-corrected chi connectivity index (χ1v) is 11.4. The van der Waals surface area contributed by atoms with Gasteiger partial charge in [0.2, 0.25) is 5.91 Å². The molecule has 1 amide bonds. The van der Waals surface area contributed by atoms with Crippen molar-refractivity contribution in [3.63, 3.8) is 0 Å². The molecule has 2 aromatic carbocycles. The second-order valence-electron chi connectivity index (χ2n) is 8.17. The zero-order valence-corrected chi connectivity index (χ0v) is 19.2. The van der Waals surface area contributed by atoms with Crippen LogP contribution >= 0.6 is 11.6 Å². The summed E-state index contributed by atoms with van der Waals surface area (Å²) in [7, 11) is 0. The third-order valence-corrected chi connectivity index (χ3v) is 6.15. The lowest BCUT2D eigenvalue weighted by atomic mass is 9.78. The molecule has 0 radical (unpaired) electrons. The Hall–Kier alpha value is -3.12. The van der Waals surface area contributed by atoms with Gasteiger partial charge >= 0.3 is 0 Å². The molecule has 1 aliphatic carbocycles. The number of carbonyl (C=O) groups is 1. The van der Waals surface area contributed by atoms with Crippen LogP contribution < -0.4 is 16.0 Å². The molecule has 0 aliphatic heterocycles. The lowest BCUT2D eigenvalue weighted by molar-refractivity contribution is -0.121. The number of aromatic nitrogens is 2. The van der Waals surface area contributed by atoms with Crippen LogP contribution in [0.5, 0.6) is 0 Å². The predicted molar refractivity (Wildman–Crippen MR) is 131 cm³/mol. The summed E-state index contributed by atoms with van der Waals surface area (Å²) < 4.78 is 0. The molecule has 1 aromatic heterocycles. The lowest BCUT2D eigenvalue weighted by Crippen LogP contribution is -2.37. The van der Waals surface area contributed by atoms with Crippen molar-refractivity contribution in [2.24, 2.45) is 0 Å². The summed E-state index contributed by atoms with van der Waals surface area (Å²) in [6, 6.07) is 17.2. The monoisotopic (exact) mass is 449 g/mol. The molecule has 7 heteroatoms. The van der Waals surface area contributed by atoms with Gasteiger partial charge in [-0.1, -0.05) is 36.6 Å². The fourth-order valence-corrected chi connectivity index (χ4v) is 4.46. The Morgan fingerprint density at radius 2 is 1.59 bits per heavy atom. The van der Waals surface area contributed by atoms with Crippen LogP contribution in [0, 0.1) is 6.92 Å². The molecule has 0 bridgehead atoms. The van der Waals surface area contributed by atoms with Gasteiger partial charge in [0, 0.05) is 29.0 Å². The van der Waals surface area contributed by atoms with Crippen LogP contribution in [0.15, 0.2) is 54.6 Å². The van der Waals surface area contributed by atoms with E-state index in [0.717, 1.165) is 60.8 Å². The molecule has 4 rings (SSSR count). The lowest BCUT2D eigenvalue weighted by Gasteiger charge is -2.28. The van der Waals surface area contributed by atoms with Gasteiger partial charge in [-0.3, -0.25) is 4.79 Å². The van der Waals surface area contributed by atoms with Gasteiger partial charge < -0.3 is 16.0 Å². The number of carbonyl (C=O) groups excluding carboxylic acids is 1. The zero-order valence-electron chi connectivity index (χ0n) is 18.4. The first-order valence-electron chi connectivity index (χ1n) is 11.0. The number of halogens is 1. The van der Waals surface area contributed by atoms with Crippen LogP contribution in [0.1, 0.15) is 44.0 Å². The number of benzene rings is 2. The summed E-state index contributed by atoms with van der Waals surface area (Å²) in [5.74, 6) is 2.24. The number of aryl methyl sites for hydroxylation is 1. The Bertz CT molecular complexity index is 1080. The van der Waals surface area contributed by atoms with E-state index in [-0.39, 0.29) is 5.91 Å². The summed E-state index contributed by atoms with van der Waals surface area (Å²) in [4.78, 5) is 22.2. The Labute approximate surface area is 193 Å². The average Bonchev–Trinajstić information content (AvgIpc) is 3.27. The second-order valence-corrected chi connectivity index (χ2v) is 8.60. The van der Waals surface area contributed by atoms with Gasteiger partial charge in [0.25, 0.3) is 0 Å². The maximum absolute atomic E-state index is 13.4. The number of nitrogens with one attached hydrogen (secondary N) is 3. The zero-order chi connectivity index (χ0) is 22.6. The molecule has 1 fully saturated rings. The van der Waals surface area contributed by atoms with E-state index in [1.165, 1.54) is 0 Å². The van der Waals surface area contributed by atoms with Crippen LogP contribution in [0.2, 0.25) is 5.02 Å². The highest BCUT2D eigenvalue weighted by molar-refractivity contribution is 6.30. The topological polar surface area (TPSA) is 78.9 Å². The number of rotatable bonds is 7. The number of amides is 1. The van der Waals surface area contributed by atoms with E-state index < -0.39 is 5.41 Å². The fraction of sp³-hybridized carbons (Fsp3) is 0.320. The molecular formula is C25H28ClN5O. The van der Waals surface area contributed by atoms with Crippen LogP contribution in [-0.2, 0) is 10.2 Å². The number of hydrogen-bond acceptors (Lipinski definition) is 5. The molecule has 166 valence electrons. The normalized spacial score (nSPS) is 14.7. The Balaban J connectivity index is 1.47. The standard InChI is InChI=1S/C25H28ClN5O/c1-3-27-22-16-23(29-17(2)28-22)30-20-10-12-21(13-11-20)31-24(32)25(14-4-5-15-25)18-6-8-19(26)9-7-18/h6-13,16H,3-5,14-15H2,1-2H3,(H,31,32)(H2,27,28,29,30). The van der Waals surface area contributed by atoms with Crippen molar-refractivity contribution in [2.75, 3.05) is 22.5 Å². The molecule has 0 spiro atoms. The quantitative estimate of drug-likeness (QED) is 0.408. The molecule has 6 nitrogen and oxygen atoms in total. The number of anilines is 4. The van der Waals surface area contributed by atoms with Crippen molar-refractivity contribution in [1.82, 2.24) is 9.97 Å². The van der Waals surface area contributed by atoms with E-state index in [2.05, 4.69) is 25.9 Å². The van der Waals surface area contributed by atoms with Crippen LogP contribution in [0.3, 0.4) is 0 Å². The first kappa shape index (κ1) is 22.1. The first-order chi connectivity index (χ1) is 15.5. The predicted octanol–water partition coefficient (Wildman–Crippen LogP) is 6.06. The van der Waals surface area contributed by atoms with Crippen molar-refractivity contribution in [1.29, 1.82) is 0 Å². The van der Waals surface area contributed by atoms with Crippen LogP contribution in [-0.4, -0.2) is 22.4 Å². The molecule has 3 aromatic rings. The van der Waals surface area contributed by atoms with Gasteiger partial charge in [-0.2, -0.15) is 0 Å². The van der Waals surface area contributed by atoms with E-state index in [9.17, 15) is 4.79 Å². The van der Waals surface area contributed by atoms with E-state index in [4.69, 9.17) is 11.6 Å². The smallest absolute Gasteiger partial charge is 0.235 e. The minimum atomic E-state index is -0.497. The Morgan fingerprint density at radius 3 is 2.25 bits per heavy atom. The maximum Gasteiger partial charge on any atom is 0.235 e. The summed E-state index contributed by atoms with van der Waals surface area (Å²) in [5.41, 5.74) is 2.19. The number of nitrogens with zero attached hydrogens (tertiary/aromatic N) is 2. The second kappa shape index (κ2) is 9.57. The minimum Gasteiger partial charge on any atom is -0.370 e. The maximum atomic E-state index is 13.4. The van der Waals surface area contributed by atoms with Crippen molar-refractivity contribution in [2.45, 2.75) is 44.9 Å². The van der Waals surface area contributed by atoms with Gasteiger partial charge in [-0.15, -0.1) is 0 Å². The molecule has 1 heterocycles. The van der Waals surface area contributed by atoms with Gasteiger partial charge in [0.15, 0.2) is 0 Å². The Morgan fingerprint density at radius 1 is 0.969 bits per heavy atom. The molecular weight excluding hydrogens is 422 g/mol. The largest absolute Gasteiger partial charge is 0.370 e. The summed E-state index contributed by atoms with van der Waals surface area (Å²) in [5, 5.41) is 10.3. The summed E-state index contributed by atoms with van der Waals surface area (Å²) in [6.45, 7) is 4.69. The molecule has 0 unspecified atom stereocenters. The molecule has 3 N–H and O–H groups in total. The van der Waals surface area contributed by atoms with Crippen molar-refractivity contribution >= 4 is 40.5 Å². The van der Waals surface area contributed by atoms with E-state index in [1.807, 2.05) is 68.4 Å². The van der Waals surface area contributed by atoms with Crippen molar-refractivity contribution < 1.29 is 4.79 Å². The highest BCUT2D eigenvalue weighted by atomic mass is 35.5. The summed E-state index contributed by atoms with van der Waals surface area (Å²) >= 11 is 6.06. The molecule has 1 saturated carbocycles.